The van der Waals surface area contributed by atoms with E-state index in [0.29, 0.717) is 18.5 Å². The molecular formula is C14H21NO3. The summed E-state index contributed by atoms with van der Waals surface area (Å²) in [5, 5.41) is 12.3. The van der Waals surface area contributed by atoms with Crippen molar-refractivity contribution in [3.8, 4) is 0 Å². The first-order chi connectivity index (χ1) is 8.48. The summed E-state index contributed by atoms with van der Waals surface area (Å²) in [4.78, 5) is 11.3. The van der Waals surface area contributed by atoms with Gasteiger partial charge in [0.2, 0.25) is 0 Å². The Hall–Kier alpha value is -1.39. The molecule has 4 nitrogen and oxygen atoms in total. The van der Waals surface area contributed by atoms with Gasteiger partial charge in [-0.2, -0.15) is 0 Å². The highest BCUT2D eigenvalue weighted by Crippen LogP contribution is 2.10. The number of aliphatic hydroxyl groups is 1. The molecule has 0 aliphatic carbocycles. The van der Waals surface area contributed by atoms with E-state index in [1.807, 2.05) is 26.0 Å². The molecule has 1 rings (SSSR count). The summed E-state index contributed by atoms with van der Waals surface area (Å²) in [7, 11) is 1.37. The Bertz CT molecular complexity index is 385. The summed E-state index contributed by atoms with van der Waals surface area (Å²) in [5.41, 5.74) is 1.54. The van der Waals surface area contributed by atoms with Gasteiger partial charge in [-0.05, 0) is 38.0 Å². The SMILES string of the molecule is COC(=O)c1ccc(CNC(C)(C)CCO)cc1. The van der Waals surface area contributed by atoms with Crippen LogP contribution in [-0.2, 0) is 11.3 Å². The van der Waals surface area contributed by atoms with Gasteiger partial charge in [0.25, 0.3) is 0 Å². The lowest BCUT2D eigenvalue weighted by Gasteiger charge is -2.25. The molecule has 0 fully saturated rings. The summed E-state index contributed by atoms with van der Waals surface area (Å²) in [5.74, 6) is -0.324. The third-order valence-corrected chi connectivity index (χ3v) is 2.88. The average molecular weight is 251 g/mol. The minimum atomic E-state index is -0.324. The lowest BCUT2D eigenvalue weighted by molar-refractivity contribution is 0.0600. The van der Waals surface area contributed by atoms with Crippen LogP contribution in [0.25, 0.3) is 0 Å². The molecular weight excluding hydrogens is 230 g/mol. The number of methoxy groups -OCH3 is 1. The highest BCUT2D eigenvalue weighted by Gasteiger charge is 2.15. The third kappa shape index (κ3) is 4.47. The van der Waals surface area contributed by atoms with Crippen molar-refractivity contribution in [2.45, 2.75) is 32.4 Å². The first-order valence-electron chi connectivity index (χ1n) is 6.01. The molecule has 0 amide bonds. The molecule has 0 saturated carbocycles. The number of hydrogen-bond acceptors (Lipinski definition) is 4. The minimum Gasteiger partial charge on any atom is -0.465 e. The van der Waals surface area contributed by atoms with E-state index < -0.39 is 0 Å². The van der Waals surface area contributed by atoms with E-state index in [4.69, 9.17) is 5.11 Å². The Kier molecular flexibility index (Phi) is 5.31. The Labute approximate surface area is 108 Å². The molecule has 100 valence electrons. The molecule has 4 heteroatoms. The number of rotatable bonds is 6. The Morgan fingerprint density at radius 2 is 1.94 bits per heavy atom. The summed E-state index contributed by atoms with van der Waals surface area (Å²) >= 11 is 0. The van der Waals surface area contributed by atoms with Crippen molar-refractivity contribution < 1.29 is 14.6 Å². The first-order valence-corrected chi connectivity index (χ1v) is 6.01. The van der Waals surface area contributed by atoms with Crippen LogP contribution >= 0.6 is 0 Å². The molecule has 1 aromatic rings. The van der Waals surface area contributed by atoms with E-state index >= 15 is 0 Å². The van der Waals surface area contributed by atoms with Gasteiger partial charge in [0.05, 0.1) is 12.7 Å². The number of carbonyl (C=O) groups excluding carboxylic acids is 1. The highest BCUT2D eigenvalue weighted by molar-refractivity contribution is 5.89. The zero-order valence-electron chi connectivity index (χ0n) is 11.2. The molecule has 0 heterocycles. The molecule has 0 unspecified atom stereocenters. The first kappa shape index (κ1) is 14.7. The summed E-state index contributed by atoms with van der Waals surface area (Å²) < 4.78 is 4.64. The van der Waals surface area contributed by atoms with Crippen molar-refractivity contribution in [3.05, 3.63) is 35.4 Å². The Morgan fingerprint density at radius 1 is 1.33 bits per heavy atom. The number of aliphatic hydroxyl groups excluding tert-OH is 1. The van der Waals surface area contributed by atoms with Gasteiger partial charge in [-0.15, -0.1) is 0 Å². The topological polar surface area (TPSA) is 58.6 Å². The van der Waals surface area contributed by atoms with Crippen LogP contribution in [0, 0.1) is 0 Å². The van der Waals surface area contributed by atoms with Gasteiger partial charge < -0.3 is 15.2 Å². The van der Waals surface area contributed by atoms with Crippen molar-refractivity contribution >= 4 is 5.97 Å². The van der Waals surface area contributed by atoms with Crippen LogP contribution in [0.4, 0.5) is 0 Å². The normalized spacial score (nSPS) is 11.3. The quantitative estimate of drug-likeness (QED) is 0.756. The van der Waals surface area contributed by atoms with Crippen molar-refractivity contribution in [2.24, 2.45) is 0 Å². The summed E-state index contributed by atoms with van der Waals surface area (Å²) in [6.07, 6.45) is 0.702. The summed E-state index contributed by atoms with van der Waals surface area (Å²) in [6, 6.07) is 7.30. The zero-order chi connectivity index (χ0) is 13.6. The summed E-state index contributed by atoms with van der Waals surface area (Å²) in [6.45, 7) is 4.97. The maximum Gasteiger partial charge on any atom is 0.337 e. The fraction of sp³-hybridized carbons (Fsp3) is 0.500. The Balaban J connectivity index is 2.56. The molecule has 0 bridgehead atoms. The zero-order valence-corrected chi connectivity index (χ0v) is 11.2. The molecule has 0 aliphatic rings. The maximum atomic E-state index is 11.3. The molecule has 0 saturated heterocycles. The Morgan fingerprint density at radius 3 is 2.44 bits per heavy atom. The fourth-order valence-corrected chi connectivity index (χ4v) is 1.59. The van der Waals surface area contributed by atoms with Crippen LogP contribution in [0.15, 0.2) is 24.3 Å². The van der Waals surface area contributed by atoms with Crippen LogP contribution in [0.3, 0.4) is 0 Å². The monoisotopic (exact) mass is 251 g/mol. The van der Waals surface area contributed by atoms with Crippen molar-refractivity contribution in [1.29, 1.82) is 0 Å². The molecule has 1 aromatic carbocycles. The average Bonchev–Trinajstić information content (AvgIpc) is 2.36. The van der Waals surface area contributed by atoms with Gasteiger partial charge in [0, 0.05) is 18.7 Å². The largest absolute Gasteiger partial charge is 0.465 e. The standard InChI is InChI=1S/C14H21NO3/c1-14(2,8-9-16)15-10-11-4-6-12(7-5-11)13(17)18-3/h4-7,15-16H,8-10H2,1-3H3. The second-order valence-electron chi connectivity index (χ2n) is 4.90. The van der Waals surface area contributed by atoms with Gasteiger partial charge in [-0.1, -0.05) is 12.1 Å². The lowest BCUT2D eigenvalue weighted by atomic mass is 10.0. The van der Waals surface area contributed by atoms with Gasteiger partial charge in [0.15, 0.2) is 0 Å². The van der Waals surface area contributed by atoms with Crippen LogP contribution in [0.1, 0.15) is 36.2 Å². The van der Waals surface area contributed by atoms with E-state index in [1.54, 1.807) is 12.1 Å². The fourth-order valence-electron chi connectivity index (χ4n) is 1.59. The van der Waals surface area contributed by atoms with Gasteiger partial charge in [0.1, 0.15) is 0 Å². The van der Waals surface area contributed by atoms with E-state index in [-0.39, 0.29) is 18.1 Å². The van der Waals surface area contributed by atoms with Gasteiger partial charge in [-0.3, -0.25) is 0 Å². The van der Waals surface area contributed by atoms with Gasteiger partial charge >= 0.3 is 5.97 Å². The number of carbonyl (C=O) groups is 1. The predicted molar refractivity (Wildman–Crippen MR) is 70.4 cm³/mol. The highest BCUT2D eigenvalue weighted by atomic mass is 16.5. The van der Waals surface area contributed by atoms with Crippen LogP contribution < -0.4 is 5.32 Å². The molecule has 0 aliphatic heterocycles. The molecule has 18 heavy (non-hydrogen) atoms. The smallest absolute Gasteiger partial charge is 0.337 e. The van der Waals surface area contributed by atoms with Crippen LogP contribution in [0.2, 0.25) is 0 Å². The second-order valence-corrected chi connectivity index (χ2v) is 4.90. The molecule has 0 spiro atoms. The lowest BCUT2D eigenvalue weighted by Crippen LogP contribution is -2.39. The van der Waals surface area contributed by atoms with Crippen LogP contribution in [-0.4, -0.2) is 30.3 Å². The number of nitrogens with one attached hydrogen (secondary N) is 1. The minimum absolute atomic E-state index is 0.101. The number of ether oxygens (including phenoxy) is 1. The number of benzene rings is 1. The number of hydrogen-bond donors (Lipinski definition) is 2. The van der Waals surface area contributed by atoms with Crippen molar-refractivity contribution in [1.82, 2.24) is 5.32 Å². The van der Waals surface area contributed by atoms with Gasteiger partial charge in [-0.25, -0.2) is 4.79 Å². The van der Waals surface area contributed by atoms with E-state index in [0.717, 1.165) is 5.56 Å². The molecule has 0 aromatic heterocycles. The van der Waals surface area contributed by atoms with Crippen molar-refractivity contribution in [2.75, 3.05) is 13.7 Å². The molecule has 0 atom stereocenters. The third-order valence-electron chi connectivity index (χ3n) is 2.88. The van der Waals surface area contributed by atoms with Crippen LogP contribution in [0.5, 0.6) is 0 Å². The van der Waals surface area contributed by atoms with E-state index in [1.165, 1.54) is 7.11 Å². The molecule has 2 N–H and O–H groups in total. The van der Waals surface area contributed by atoms with E-state index in [9.17, 15) is 4.79 Å². The van der Waals surface area contributed by atoms with Crippen molar-refractivity contribution in [3.63, 3.8) is 0 Å². The second kappa shape index (κ2) is 6.52. The van der Waals surface area contributed by atoms with E-state index in [2.05, 4.69) is 10.1 Å². The molecule has 0 radical (unpaired) electrons. The number of esters is 1. The predicted octanol–water partition coefficient (Wildman–Crippen LogP) is 1.72. The maximum absolute atomic E-state index is 11.3.